The SMILES string of the molecule is CCC(C)(C#N)C(=O)NCC1CCCO1. The lowest BCUT2D eigenvalue weighted by atomic mass is 9.88. The van der Waals surface area contributed by atoms with Gasteiger partial charge in [0.05, 0.1) is 12.2 Å². The van der Waals surface area contributed by atoms with Crippen LogP contribution in [0.3, 0.4) is 0 Å². The van der Waals surface area contributed by atoms with Crippen LogP contribution in [0.4, 0.5) is 0 Å². The van der Waals surface area contributed by atoms with Crippen LogP contribution >= 0.6 is 0 Å². The maximum absolute atomic E-state index is 11.7. The van der Waals surface area contributed by atoms with E-state index < -0.39 is 5.41 Å². The molecule has 0 saturated carbocycles. The van der Waals surface area contributed by atoms with Gasteiger partial charge in [0, 0.05) is 13.2 Å². The largest absolute Gasteiger partial charge is 0.376 e. The average molecular weight is 210 g/mol. The topological polar surface area (TPSA) is 62.1 Å². The van der Waals surface area contributed by atoms with Gasteiger partial charge in [-0.3, -0.25) is 4.79 Å². The number of rotatable bonds is 4. The summed E-state index contributed by atoms with van der Waals surface area (Å²) in [4.78, 5) is 11.7. The Morgan fingerprint density at radius 3 is 2.93 bits per heavy atom. The molecule has 1 heterocycles. The van der Waals surface area contributed by atoms with Crippen molar-refractivity contribution in [3.63, 3.8) is 0 Å². The third kappa shape index (κ3) is 2.93. The fraction of sp³-hybridized carbons (Fsp3) is 0.818. The van der Waals surface area contributed by atoms with E-state index >= 15 is 0 Å². The zero-order valence-electron chi connectivity index (χ0n) is 9.38. The lowest BCUT2D eigenvalue weighted by molar-refractivity contribution is -0.128. The Balaban J connectivity index is 2.38. The Morgan fingerprint density at radius 1 is 1.73 bits per heavy atom. The number of carbonyl (C=O) groups excluding carboxylic acids is 1. The fourth-order valence-electron chi connectivity index (χ4n) is 1.50. The van der Waals surface area contributed by atoms with E-state index in [-0.39, 0.29) is 12.0 Å². The van der Waals surface area contributed by atoms with Gasteiger partial charge in [-0.25, -0.2) is 0 Å². The fourth-order valence-corrected chi connectivity index (χ4v) is 1.50. The molecule has 4 heteroatoms. The third-order valence-electron chi connectivity index (χ3n) is 2.97. The van der Waals surface area contributed by atoms with E-state index in [0.717, 1.165) is 19.4 Å². The lowest BCUT2D eigenvalue weighted by Crippen LogP contribution is -2.41. The molecule has 2 unspecified atom stereocenters. The molecule has 2 atom stereocenters. The summed E-state index contributed by atoms with van der Waals surface area (Å²) >= 11 is 0. The summed E-state index contributed by atoms with van der Waals surface area (Å²) in [6.45, 7) is 4.81. The highest BCUT2D eigenvalue weighted by Crippen LogP contribution is 2.20. The summed E-state index contributed by atoms with van der Waals surface area (Å²) in [5.74, 6) is -0.192. The van der Waals surface area contributed by atoms with Gasteiger partial charge in [-0.2, -0.15) is 5.26 Å². The first-order chi connectivity index (χ1) is 7.12. The molecular formula is C11H18N2O2. The highest BCUT2D eigenvalue weighted by molar-refractivity contribution is 5.84. The number of amides is 1. The van der Waals surface area contributed by atoms with Gasteiger partial charge in [-0.15, -0.1) is 0 Å². The van der Waals surface area contributed by atoms with Crippen LogP contribution in [0.15, 0.2) is 0 Å². The van der Waals surface area contributed by atoms with Crippen LogP contribution < -0.4 is 5.32 Å². The summed E-state index contributed by atoms with van der Waals surface area (Å²) < 4.78 is 5.39. The van der Waals surface area contributed by atoms with E-state index in [1.807, 2.05) is 6.92 Å². The van der Waals surface area contributed by atoms with Gasteiger partial charge in [0.25, 0.3) is 0 Å². The Labute approximate surface area is 90.6 Å². The molecule has 0 aromatic carbocycles. The van der Waals surface area contributed by atoms with Gasteiger partial charge in [0.15, 0.2) is 0 Å². The highest BCUT2D eigenvalue weighted by atomic mass is 16.5. The Morgan fingerprint density at radius 2 is 2.47 bits per heavy atom. The van der Waals surface area contributed by atoms with E-state index in [0.29, 0.717) is 13.0 Å². The number of carbonyl (C=O) groups is 1. The molecular weight excluding hydrogens is 192 g/mol. The maximum atomic E-state index is 11.7. The normalized spacial score (nSPS) is 24.2. The molecule has 0 aromatic heterocycles. The van der Waals surface area contributed by atoms with Crippen molar-refractivity contribution in [2.45, 2.75) is 39.2 Å². The van der Waals surface area contributed by atoms with Crippen LogP contribution in [0.1, 0.15) is 33.1 Å². The van der Waals surface area contributed by atoms with Gasteiger partial charge in [0.1, 0.15) is 5.41 Å². The monoisotopic (exact) mass is 210 g/mol. The molecule has 4 nitrogen and oxygen atoms in total. The van der Waals surface area contributed by atoms with Crippen molar-refractivity contribution in [2.24, 2.45) is 5.41 Å². The average Bonchev–Trinajstić information content (AvgIpc) is 2.77. The van der Waals surface area contributed by atoms with Crippen LogP contribution in [-0.2, 0) is 9.53 Å². The number of nitriles is 1. The van der Waals surface area contributed by atoms with Crippen molar-refractivity contribution in [1.29, 1.82) is 5.26 Å². The zero-order chi connectivity index (χ0) is 11.3. The number of hydrogen-bond donors (Lipinski definition) is 1. The predicted octanol–water partition coefficient (Wildman–Crippen LogP) is 1.22. The van der Waals surface area contributed by atoms with E-state index in [1.165, 1.54) is 0 Å². The first kappa shape index (κ1) is 12.0. The van der Waals surface area contributed by atoms with Crippen LogP contribution in [-0.4, -0.2) is 25.2 Å². The van der Waals surface area contributed by atoms with Crippen LogP contribution in [0, 0.1) is 16.7 Å². The number of nitrogens with one attached hydrogen (secondary N) is 1. The number of hydrogen-bond acceptors (Lipinski definition) is 3. The summed E-state index contributed by atoms with van der Waals surface area (Å²) in [5.41, 5.74) is -0.904. The summed E-state index contributed by atoms with van der Waals surface area (Å²) in [6, 6.07) is 2.05. The Bertz CT molecular complexity index is 266. The third-order valence-corrected chi connectivity index (χ3v) is 2.97. The van der Waals surface area contributed by atoms with E-state index in [9.17, 15) is 4.79 Å². The molecule has 0 aliphatic carbocycles. The second kappa shape index (κ2) is 5.13. The molecule has 1 fully saturated rings. The second-order valence-corrected chi connectivity index (χ2v) is 4.14. The molecule has 1 amide bonds. The van der Waals surface area contributed by atoms with Gasteiger partial charge in [0.2, 0.25) is 5.91 Å². The molecule has 1 aliphatic heterocycles. The van der Waals surface area contributed by atoms with Crippen molar-refractivity contribution in [3.05, 3.63) is 0 Å². The maximum Gasteiger partial charge on any atom is 0.240 e. The van der Waals surface area contributed by atoms with Gasteiger partial charge >= 0.3 is 0 Å². The van der Waals surface area contributed by atoms with Gasteiger partial charge in [-0.05, 0) is 26.2 Å². The Hall–Kier alpha value is -1.08. The van der Waals surface area contributed by atoms with Gasteiger partial charge < -0.3 is 10.1 Å². The first-order valence-corrected chi connectivity index (χ1v) is 5.43. The Kier molecular flexibility index (Phi) is 4.10. The van der Waals surface area contributed by atoms with Crippen molar-refractivity contribution in [3.8, 4) is 6.07 Å². The van der Waals surface area contributed by atoms with Crippen molar-refractivity contribution in [1.82, 2.24) is 5.32 Å². The molecule has 0 radical (unpaired) electrons. The molecule has 1 rings (SSSR count). The molecule has 0 spiro atoms. The summed E-state index contributed by atoms with van der Waals surface area (Å²) in [5, 5.41) is 11.7. The number of ether oxygens (including phenoxy) is 1. The zero-order valence-corrected chi connectivity index (χ0v) is 9.38. The molecule has 1 N–H and O–H groups in total. The highest BCUT2D eigenvalue weighted by Gasteiger charge is 2.31. The summed E-state index contributed by atoms with van der Waals surface area (Å²) in [7, 11) is 0. The smallest absolute Gasteiger partial charge is 0.240 e. The standard InChI is InChI=1S/C11H18N2O2/c1-3-11(2,8-12)10(14)13-7-9-5-4-6-15-9/h9H,3-7H2,1-2H3,(H,13,14). The van der Waals surface area contributed by atoms with Crippen LogP contribution in [0.25, 0.3) is 0 Å². The second-order valence-electron chi connectivity index (χ2n) is 4.14. The van der Waals surface area contributed by atoms with Crippen LogP contribution in [0.2, 0.25) is 0 Å². The minimum absolute atomic E-state index is 0.133. The molecule has 0 bridgehead atoms. The molecule has 15 heavy (non-hydrogen) atoms. The van der Waals surface area contributed by atoms with Crippen LogP contribution in [0.5, 0.6) is 0 Å². The minimum atomic E-state index is -0.904. The van der Waals surface area contributed by atoms with Crippen molar-refractivity contribution < 1.29 is 9.53 Å². The van der Waals surface area contributed by atoms with Gasteiger partial charge in [-0.1, -0.05) is 6.92 Å². The predicted molar refractivity (Wildman–Crippen MR) is 56.0 cm³/mol. The molecule has 1 saturated heterocycles. The van der Waals surface area contributed by atoms with E-state index in [4.69, 9.17) is 10.00 Å². The molecule has 84 valence electrons. The lowest BCUT2D eigenvalue weighted by Gasteiger charge is -2.19. The molecule has 1 aliphatic rings. The van der Waals surface area contributed by atoms with E-state index in [2.05, 4.69) is 11.4 Å². The quantitative estimate of drug-likeness (QED) is 0.759. The minimum Gasteiger partial charge on any atom is -0.376 e. The van der Waals surface area contributed by atoms with E-state index in [1.54, 1.807) is 6.92 Å². The summed E-state index contributed by atoms with van der Waals surface area (Å²) in [6.07, 6.45) is 2.72. The van der Waals surface area contributed by atoms with Crippen molar-refractivity contribution in [2.75, 3.05) is 13.2 Å². The van der Waals surface area contributed by atoms with Crippen molar-refractivity contribution >= 4 is 5.91 Å². The number of nitrogens with zero attached hydrogens (tertiary/aromatic N) is 1. The first-order valence-electron chi connectivity index (χ1n) is 5.43. The molecule has 0 aromatic rings.